The van der Waals surface area contributed by atoms with Gasteiger partial charge in [0.15, 0.2) is 0 Å². The third-order valence-electron chi connectivity index (χ3n) is 3.69. The summed E-state index contributed by atoms with van der Waals surface area (Å²) in [5.74, 6) is -0.191. The summed E-state index contributed by atoms with van der Waals surface area (Å²) < 4.78 is 13.8. The molecule has 0 bridgehead atoms. The molecule has 0 aromatic heterocycles. The summed E-state index contributed by atoms with van der Waals surface area (Å²) in [6.45, 7) is 4.21. The molecular formula is C14H19BrFN. The fraction of sp³-hybridized carbons (Fsp3) is 0.571. The van der Waals surface area contributed by atoms with Gasteiger partial charge in [0.1, 0.15) is 5.82 Å². The Morgan fingerprint density at radius 3 is 2.71 bits per heavy atom. The molecule has 1 fully saturated rings. The maximum Gasteiger partial charge on any atom is 0.124 e. The van der Waals surface area contributed by atoms with Gasteiger partial charge in [-0.2, -0.15) is 0 Å². The van der Waals surface area contributed by atoms with E-state index in [1.165, 1.54) is 37.8 Å². The highest BCUT2D eigenvalue weighted by molar-refractivity contribution is 9.10. The molecule has 1 aliphatic carbocycles. The number of hydrogen-bond donors (Lipinski definition) is 1. The highest BCUT2D eigenvalue weighted by Crippen LogP contribution is 2.36. The molecule has 94 valence electrons. The molecular weight excluding hydrogens is 281 g/mol. The minimum atomic E-state index is -0.191. The van der Waals surface area contributed by atoms with Crippen LogP contribution in [0.4, 0.5) is 4.39 Å². The van der Waals surface area contributed by atoms with E-state index in [4.69, 9.17) is 0 Å². The van der Waals surface area contributed by atoms with Crippen molar-refractivity contribution in [2.24, 2.45) is 5.41 Å². The molecule has 0 radical (unpaired) electrons. The summed E-state index contributed by atoms with van der Waals surface area (Å²) in [5, 5.41) is 3.49. The van der Waals surface area contributed by atoms with Crippen LogP contribution in [0.3, 0.4) is 0 Å². The van der Waals surface area contributed by atoms with Gasteiger partial charge in [-0.25, -0.2) is 4.39 Å². The van der Waals surface area contributed by atoms with Crippen molar-refractivity contribution in [1.29, 1.82) is 0 Å². The first kappa shape index (κ1) is 13.0. The van der Waals surface area contributed by atoms with E-state index in [1.54, 1.807) is 0 Å². The summed E-state index contributed by atoms with van der Waals surface area (Å²) in [4.78, 5) is 0. The molecule has 0 spiro atoms. The van der Waals surface area contributed by atoms with E-state index in [9.17, 15) is 4.39 Å². The third kappa shape index (κ3) is 3.52. The summed E-state index contributed by atoms with van der Waals surface area (Å²) in [7, 11) is 0. The zero-order chi connectivity index (χ0) is 12.3. The van der Waals surface area contributed by atoms with Crippen LogP contribution in [0.1, 0.15) is 38.2 Å². The highest BCUT2D eigenvalue weighted by atomic mass is 79.9. The summed E-state index contributed by atoms with van der Waals surface area (Å²) in [6, 6.07) is 4.87. The van der Waals surface area contributed by atoms with Crippen molar-refractivity contribution in [3.8, 4) is 0 Å². The van der Waals surface area contributed by atoms with Crippen LogP contribution in [-0.4, -0.2) is 6.54 Å². The van der Waals surface area contributed by atoms with E-state index in [-0.39, 0.29) is 5.82 Å². The van der Waals surface area contributed by atoms with Crippen molar-refractivity contribution >= 4 is 15.9 Å². The Hall–Kier alpha value is -0.410. The average molecular weight is 300 g/mol. The average Bonchev–Trinajstić information content (AvgIpc) is 2.69. The van der Waals surface area contributed by atoms with Gasteiger partial charge in [-0.05, 0) is 36.0 Å². The molecule has 2 rings (SSSR count). The Bertz CT molecular complexity index is 386. The second kappa shape index (κ2) is 5.49. The largest absolute Gasteiger partial charge is 0.312 e. The lowest BCUT2D eigenvalue weighted by Gasteiger charge is -2.24. The maximum absolute atomic E-state index is 12.9. The number of hydrogen-bond acceptors (Lipinski definition) is 1. The zero-order valence-corrected chi connectivity index (χ0v) is 11.8. The molecule has 0 saturated heterocycles. The van der Waals surface area contributed by atoms with Crippen molar-refractivity contribution in [1.82, 2.24) is 5.32 Å². The predicted molar refractivity (Wildman–Crippen MR) is 72.4 cm³/mol. The molecule has 17 heavy (non-hydrogen) atoms. The first-order chi connectivity index (χ1) is 8.09. The molecule has 1 nitrogen and oxygen atoms in total. The Morgan fingerprint density at radius 1 is 1.35 bits per heavy atom. The zero-order valence-electron chi connectivity index (χ0n) is 10.2. The second-order valence-corrected chi connectivity index (χ2v) is 6.21. The lowest BCUT2D eigenvalue weighted by molar-refractivity contribution is 0.314. The molecule has 1 aromatic rings. The van der Waals surface area contributed by atoms with E-state index >= 15 is 0 Å². The van der Waals surface area contributed by atoms with Gasteiger partial charge in [-0.1, -0.05) is 41.8 Å². The minimum Gasteiger partial charge on any atom is -0.312 e. The van der Waals surface area contributed by atoms with Gasteiger partial charge in [0.25, 0.3) is 0 Å². The number of halogens is 2. The van der Waals surface area contributed by atoms with Gasteiger partial charge in [-0.15, -0.1) is 0 Å². The van der Waals surface area contributed by atoms with Gasteiger partial charge in [0, 0.05) is 17.6 Å². The van der Waals surface area contributed by atoms with Gasteiger partial charge in [-0.3, -0.25) is 0 Å². The van der Waals surface area contributed by atoms with Gasteiger partial charge < -0.3 is 5.32 Å². The van der Waals surface area contributed by atoms with Gasteiger partial charge in [0.2, 0.25) is 0 Å². The van der Waals surface area contributed by atoms with Crippen LogP contribution < -0.4 is 5.32 Å². The van der Waals surface area contributed by atoms with Crippen LogP contribution in [-0.2, 0) is 6.54 Å². The fourth-order valence-corrected chi connectivity index (χ4v) is 3.06. The van der Waals surface area contributed by atoms with Crippen LogP contribution in [0.15, 0.2) is 22.7 Å². The lowest BCUT2D eigenvalue weighted by atomic mass is 9.89. The minimum absolute atomic E-state index is 0.191. The highest BCUT2D eigenvalue weighted by Gasteiger charge is 2.27. The molecule has 1 aromatic carbocycles. The SMILES string of the molecule is CC1(CNCc2ccc(F)cc2Br)CCCC1. The Balaban J connectivity index is 1.85. The van der Waals surface area contributed by atoms with Crippen molar-refractivity contribution in [3.05, 3.63) is 34.1 Å². The summed E-state index contributed by atoms with van der Waals surface area (Å²) in [5.41, 5.74) is 1.58. The number of rotatable bonds is 4. The normalized spacial score (nSPS) is 18.5. The van der Waals surface area contributed by atoms with Crippen molar-refractivity contribution in [2.75, 3.05) is 6.54 Å². The van der Waals surface area contributed by atoms with E-state index in [0.29, 0.717) is 5.41 Å². The van der Waals surface area contributed by atoms with E-state index < -0.39 is 0 Å². The maximum atomic E-state index is 12.9. The standard InChI is InChI=1S/C14H19BrFN/c1-14(6-2-3-7-14)10-17-9-11-4-5-12(16)8-13(11)15/h4-5,8,17H,2-3,6-7,9-10H2,1H3. The quantitative estimate of drug-likeness (QED) is 0.876. The van der Waals surface area contributed by atoms with Crippen LogP contribution in [0.2, 0.25) is 0 Å². The lowest BCUT2D eigenvalue weighted by Crippen LogP contribution is -2.29. The predicted octanol–water partition coefficient (Wildman–Crippen LogP) is 4.26. The van der Waals surface area contributed by atoms with Crippen molar-refractivity contribution in [2.45, 2.75) is 39.2 Å². The van der Waals surface area contributed by atoms with Crippen LogP contribution in [0.5, 0.6) is 0 Å². The second-order valence-electron chi connectivity index (χ2n) is 5.36. The first-order valence-electron chi connectivity index (χ1n) is 6.24. The summed E-state index contributed by atoms with van der Waals surface area (Å²) >= 11 is 3.39. The van der Waals surface area contributed by atoms with Gasteiger partial charge in [0.05, 0.1) is 0 Å². The van der Waals surface area contributed by atoms with Crippen molar-refractivity contribution in [3.63, 3.8) is 0 Å². The smallest absolute Gasteiger partial charge is 0.124 e. The monoisotopic (exact) mass is 299 g/mol. The van der Waals surface area contributed by atoms with Crippen LogP contribution in [0, 0.1) is 11.2 Å². The molecule has 0 aliphatic heterocycles. The van der Waals surface area contributed by atoms with E-state index in [2.05, 4.69) is 28.2 Å². The number of nitrogens with one attached hydrogen (secondary N) is 1. The van der Waals surface area contributed by atoms with Gasteiger partial charge >= 0.3 is 0 Å². The molecule has 0 atom stereocenters. The first-order valence-corrected chi connectivity index (χ1v) is 7.03. The number of benzene rings is 1. The topological polar surface area (TPSA) is 12.0 Å². The molecule has 1 aliphatic rings. The Morgan fingerprint density at radius 2 is 2.06 bits per heavy atom. The molecule has 1 N–H and O–H groups in total. The molecule has 0 amide bonds. The Kier molecular flexibility index (Phi) is 4.21. The molecule has 0 unspecified atom stereocenters. The van der Waals surface area contributed by atoms with E-state index in [0.717, 1.165) is 23.1 Å². The molecule has 3 heteroatoms. The van der Waals surface area contributed by atoms with E-state index in [1.807, 2.05) is 6.07 Å². The van der Waals surface area contributed by atoms with Crippen molar-refractivity contribution < 1.29 is 4.39 Å². The fourth-order valence-electron chi connectivity index (χ4n) is 2.57. The van der Waals surface area contributed by atoms with Crippen LogP contribution in [0.25, 0.3) is 0 Å². The third-order valence-corrected chi connectivity index (χ3v) is 4.43. The summed E-state index contributed by atoms with van der Waals surface area (Å²) in [6.07, 6.45) is 5.37. The van der Waals surface area contributed by atoms with Crippen LogP contribution >= 0.6 is 15.9 Å². The molecule has 0 heterocycles. The molecule has 1 saturated carbocycles. The Labute approximate surface area is 111 Å².